The Morgan fingerprint density at radius 2 is 1.64 bits per heavy atom. The normalized spacial score (nSPS) is 23.7. The fourth-order valence-corrected chi connectivity index (χ4v) is 3.33. The molecule has 0 bridgehead atoms. The van der Waals surface area contributed by atoms with E-state index in [4.69, 9.17) is 4.74 Å². The number of nitrogens with zero attached hydrogens (tertiary/aromatic N) is 1. The third-order valence-corrected chi connectivity index (χ3v) is 4.41. The van der Waals surface area contributed by atoms with Gasteiger partial charge in [0.1, 0.15) is 6.10 Å². The summed E-state index contributed by atoms with van der Waals surface area (Å²) in [5.41, 5.74) is 3.43. The van der Waals surface area contributed by atoms with Gasteiger partial charge in [0, 0.05) is 12.1 Å². The number of fused-ring (bicyclic) bond motifs is 1. The molecule has 2 atom stereocenters. The standard InChI is InChI=1S/C19H17NO2/c21-19-20(16-9-5-2-6-10-16)17-13-15(11-12-18(17)22-19)14-7-3-1-4-8-14/h1-11,17-18H,12-13H2. The molecule has 4 rings (SSSR count). The van der Waals surface area contributed by atoms with Crippen LogP contribution in [-0.2, 0) is 4.74 Å². The summed E-state index contributed by atoms with van der Waals surface area (Å²) in [6.07, 6.45) is 3.54. The number of carbonyl (C=O) groups is 1. The van der Waals surface area contributed by atoms with Crippen molar-refractivity contribution in [1.29, 1.82) is 0 Å². The molecule has 1 fully saturated rings. The van der Waals surface area contributed by atoms with Crippen molar-refractivity contribution >= 4 is 17.4 Å². The second-order valence-corrected chi connectivity index (χ2v) is 5.73. The molecule has 1 heterocycles. The van der Waals surface area contributed by atoms with Gasteiger partial charge in [-0.15, -0.1) is 0 Å². The second kappa shape index (κ2) is 5.34. The topological polar surface area (TPSA) is 29.5 Å². The number of hydrogen-bond acceptors (Lipinski definition) is 2. The number of rotatable bonds is 2. The summed E-state index contributed by atoms with van der Waals surface area (Å²) >= 11 is 0. The van der Waals surface area contributed by atoms with Gasteiger partial charge in [0.05, 0.1) is 6.04 Å². The Morgan fingerprint density at radius 3 is 2.36 bits per heavy atom. The SMILES string of the molecule is O=C1OC2CC=C(c3ccccc3)CC2N1c1ccccc1. The van der Waals surface area contributed by atoms with Gasteiger partial charge < -0.3 is 4.74 Å². The first-order valence-corrected chi connectivity index (χ1v) is 7.62. The van der Waals surface area contributed by atoms with Crippen LogP contribution >= 0.6 is 0 Å². The lowest BCUT2D eigenvalue weighted by molar-refractivity contribution is 0.132. The van der Waals surface area contributed by atoms with Crippen LogP contribution in [0.4, 0.5) is 10.5 Å². The Balaban J connectivity index is 1.65. The fraction of sp³-hybridized carbons (Fsp3) is 0.211. The summed E-state index contributed by atoms with van der Waals surface area (Å²) in [5.74, 6) is 0. The van der Waals surface area contributed by atoms with Crippen LogP contribution in [0.3, 0.4) is 0 Å². The van der Waals surface area contributed by atoms with Crippen molar-refractivity contribution in [1.82, 2.24) is 0 Å². The molecule has 1 saturated heterocycles. The molecule has 3 heteroatoms. The van der Waals surface area contributed by atoms with Crippen molar-refractivity contribution in [2.75, 3.05) is 4.90 Å². The Hall–Kier alpha value is -2.55. The smallest absolute Gasteiger partial charge is 0.415 e. The first-order chi connectivity index (χ1) is 10.8. The highest BCUT2D eigenvalue weighted by Gasteiger charge is 2.44. The van der Waals surface area contributed by atoms with Crippen LogP contribution < -0.4 is 4.90 Å². The van der Waals surface area contributed by atoms with Gasteiger partial charge in [0.15, 0.2) is 0 Å². The number of benzene rings is 2. The minimum atomic E-state index is -0.232. The van der Waals surface area contributed by atoms with Gasteiger partial charge >= 0.3 is 6.09 Å². The van der Waals surface area contributed by atoms with Gasteiger partial charge in [-0.3, -0.25) is 4.90 Å². The zero-order chi connectivity index (χ0) is 14.9. The second-order valence-electron chi connectivity index (χ2n) is 5.73. The van der Waals surface area contributed by atoms with Gasteiger partial charge in [-0.2, -0.15) is 0 Å². The van der Waals surface area contributed by atoms with Crippen molar-refractivity contribution in [3.05, 3.63) is 72.3 Å². The maximum atomic E-state index is 12.3. The highest BCUT2D eigenvalue weighted by Crippen LogP contribution is 2.38. The zero-order valence-corrected chi connectivity index (χ0v) is 12.2. The number of para-hydroxylation sites is 1. The molecule has 1 aliphatic carbocycles. The summed E-state index contributed by atoms with van der Waals surface area (Å²) in [5, 5.41) is 0. The Morgan fingerprint density at radius 1 is 0.955 bits per heavy atom. The van der Waals surface area contributed by atoms with E-state index < -0.39 is 0 Å². The van der Waals surface area contributed by atoms with Crippen molar-refractivity contribution in [2.24, 2.45) is 0 Å². The maximum absolute atomic E-state index is 12.3. The molecule has 110 valence electrons. The van der Waals surface area contributed by atoms with Gasteiger partial charge in [-0.1, -0.05) is 54.6 Å². The summed E-state index contributed by atoms with van der Waals surface area (Å²) in [4.78, 5) is 14.1. The van der Waals surface area contributed by atoms with Crippen molar-refractivity contribution < 1.29 is 9.53 Å². The minimum absolute atomic E-state index is 0.0415. The quantitative estimate of drug-likeness (QED) is 0.827. The molecule has 2 unspecified atom stereocenters. The van der Waals surface area contributed by atoms with Crippen LogP contribution in [0.1, 0.15) is 18.4 Å². The summed E-state index contributed by atoms with van der Waals surface area (Å²) in [6.45, 7) is 0. The molecule has 3 nitrogen and oxygen atoms in total. The van der Waals surface area contributed by atoms with Gasteiger partial charge in [0.25, 0.3) is 0 Å². The predicted molar refractivity (Wildman–Crippen MR) is 86.6 cm³/mol. The highest BCUT2D eigenvalue weighted by molar-refractivity contribution is 5.91. The summed E-state index contributed by atoms with van der Waals surface area (Å²) in [6, 6.07) is 20.2. The minimum Gasteiger partial charge on any atom is -0.443 e. The van der Waals surface area contributed by atoms with E-state index in [0.29, 0.717) is 0 Å². The Kier molecular flexibility index (Phi) is 3.19. The average Bonchev–Trinajstić information content (AvgIpc) is 2.91. The van der Waals surface area contributed by atoms with Crippen LogP contribution in [-0.4, -0.2) is 18.2 Å². The average molecular weight is 291 g/mol. The van der Waals surface area contributed by atoms with Crippen LogP contribution in [0, 0.1) is 0 Å². The van der Waals surface area contributed by atoms with Gasteiger partial charge in [-0.25, -0.2) is 4.79 Å². The Labute approximate surface area is 129 Å². The maximum Gasteiger partial charge on any atom is 0.415 e. The van der Waals surface area contributed by atoms with E-state index in [-0.39, 0.29) is 18.2 Å². The molecule has 0 spiro atoms. The number of amides is 1. The van der Waals surface area contributed by atoms with Crippen LogP contribution in [0.15, 0.2) is 66.7 Å². The fourth-order valence-electron chi connectivity index (χ4n) is 3.33. The van der Waals surface area contributed by atoms with E-state index in [2.05, 4.69) is 18.2 Å². The molecule has 22 heavy (non-hydrogen) atoms. The van der Waals surface area contributed by atoms with Crippen LogP contribution in [0.2, 0.25) is 0 Å². The molecule has 2 aromatic rings. The number of anilines is 1. The van der Waals surface area contributed by atoms with E-state index in [9.17, 15) is 4.79 Å². The third-order valence-electron chi connectivity index (χ3n) is 4.41. The molecule has 1 aliphatic heterocycles. The molecular weight excluding hydrogens is 274 g/mol. The van der Waals surface area contributed by atoms with E-state index in [1.54, 1.807) is 4.90 Å². The number of carbonyl (C=O) groups excluding carboxylic acids is 1. The first kappa shape index (κ1) is 13.1. The highest BCUT2D eigenvalue weighted by atomic mass is 16.6. The van der Waals surface area contributed by atoms with E-state index >= 15 is 0 Å². The van der Waals surface area contributed by atoms with Crippen LogP contribution in [0.25, 0.3) is 5.57 Å². The first-order valence-electron chi connectivity index (χ1n) is 7.62. The molecule has 2 aliphatic rings. The molecule has 1 amide bonds. The van der Waals surface area contributed by atoms with E-state index in [0.717, 1.165) is 18.5 Å². The molecular formula is C19H17NO2. The van der Waals surface area contributed by atoms with E-state index in [1.165, 1.54) is 11.1 Å². The van der Waals surface area contributed by atoms with Crippen molar-refractivity contribution in [3.63, 3.8) is 0 Å². The van der Waals surface area contributed by atoms with Crippen LogP contribution in [0.5, 0.6) is 0 Å². The molecule has 0 N–H and O–H groups in total. The zero-order valence-electron chi connectivity index (χ0n) is 12.2. The molecule has 2 aromatic carbocycles. The molecule has 0 saturated carbocycles. The lowest BCUT2D eigenvalue weighted by atomic mass is 9.88. The lowest BCUT2D eigenvalue weighted by Crippen LogP contribution is -2.38. The third kappa shape index (κ3) is 2.19. The van der Waals surface area contributed by atoms with Gasteiger partial charge in [-0.05, 0) is 29.7 Å². The van der Waals surface area contributed by atoms with Crippen molar-refractivity contribution in [2.45, 2.75) is 25.0 Å². The number of hydrogen-bond donors (Lipinski definition) is 0. The predicted octanol–water partition coefficient (Wildman–Crippen LogP) is 4.26. The largest absolute Gasteiger partial charge is 0.443 e. The molecule has 0 radical (unpaired) electrons. The summed E-state index contributed by atoms with van der Waals surface area (Å²) < 4.78 is 5.56. The monoisotopic (exact) mass is 291 g/mol. The van der Waals surface area contributed by atoms with Crippen molar-refractivity contribution in [3.8, 4) is 0 Å². The lowest BCUT2D eigenvalue weighted by Gasteiger charge is -2.28. The Bertz CT molecular complexity index is 709. The molecule has 0 aromatic heterocycles. The summed E-state index contributed by atoms with van der Waals surface area (Å²) in [7, 11) is 0. The number of ether oxygens (including phenoxy) is 1. The van der Waals surface area contributed by atoms with Gasteiger partial charge in [0.2, 0.25) is 0 Å². The van der Waals surface area contributed by atoms with E-state index in [1.807, 2.05) is 48.5 Å².